The first kappa shape index (κ1) is 19.8. The summed E-state index contributed by atoms with van der Waals surface area (Å²) in [5, 5.41) is 10.7. The molecule has 3 rings (SSSR count). The van der Waals surface area contributed by atoms with E-state index in [9.17, 15) is 8.42 Å². The molecule has 2 aliphatic rings. The molecule has 1 aromatic rings. The predicted molar refractivity (Wildman–Crippen MR) is 103 cm³/mol. The largest absolute Gasteiger partial charge is 0.384 e. The van der Waals surface area contributed by atoms with Gasteiger partial charge in [0.1, 0.15) is 6.61 Å². The Kier molecular flexibility index (Phi) is 6.69. The second-order valence-corrected chi connectivity index (χ2v) is 9.57. The minimum Gasteiger partial charge on any atom is -0.384 e. The van der Waals surface area contributed by atoms with Crippen molar-refractivity contribution in [3.8, 4) is 11.8 Å². The van der Waals surface area contributed by atoms with Crippen LogP contribution in [0.1, 0.15) is 10.4 Å². The third-order valence-electron chi connectivity index (χ3n) is 4.79. The van der Waals surface area contributed by atoms with Gasteiger partial charge in [-0.2, -0.15) is 17.0 Å². The van der Waals surface area contributed by atoms with Crippen molar-refractivity contribution in [1.29, 1.82) is 0 Å². The van der Waals surface area contributed by atoms with Gasteiger partial charge in [0, 0.05) is 74.7 Å². The molecule has 0 atom stereocenters. The van der Waals surface area contributed by atoms with Crippen molar-refractivity contribution in [1.82, 2.24) is 18.4 Å². The summed E-state index contributed by atoms with van der Waals surface area (Å²) in [5.41, 5.74) is 0.926. The number of thiophene rings is 1. The van der Waals surface area contributed by atoms with Gasteiger partial charge in [0.25, 0.3) is 10.2 Å². The highest BCUT2D eigenvalue weighted by molar-refractivity contribution is 7.86. The van der Waals surface area contributed by atoms with Gasteiger partial charge in [-0.1, -0.05) is 11.8 Å². The molecular formula is C17H26N4O3S2. The zero-order valence-corrected chi connectivity index (χ0v) is 16.7. The normalized spacial score (nSPS) is 21.5. The Bertz CT molecular complexity index is 752. The van der Waals surface area contributed by atoms with Crippen LogP contribution in [0.15, 0.2) is 11.4 Å². The maximum Gasteiger partial charge on any atom is 0.282 e. The van der Waals surface area contributed by atoms with Crippen LogP contribution in [0.3, 0.4) is 0 Å². The molecule has 0 bridgehead atoms. The molecular weight excluding hydrogens is 372 g/mol. The fraction of sp³-hybridized carbons (Fsp3) is 0.647. The van der Waals surface area contributed by atoms with E-state index in [0.29, 0.717) is 26.2 Å². The van der Waals surface area contributed by atoms with Crippen molar-refractivity contribution < 1.29 is 13.5 Å². The first-order valence-electron chi connectivity index (χ1n) is 8.82. The molecule has 3 heterocycles. The molecule has 0 saturated carbocycles. The molecule has 0 amide bonds. The first-order chi connectivity index (χ1) is 12.5. The fourth-order valence-corrected chi connectivity index (χ4v) is 5.63. The molecule has 0 radical (unpaired) electrons. The summed E-state index contributed by atoms with van der Waals surface area (Å²) in [5.74, 6) is 5.57. The van der Waals surface area contributed by atoms with Crippen molar-refractivity contribution in [2.45, 2.75) is 6.54 Å². The second kappa shape index (κ2) is 8.80. The van der Waals surface area contributed by atoms with Crippen LogP contribution in [0.4, 0.5) is 0 Å². The van der Waals surface area contributed by atoms with Crippen molar-refractivity contribution in [2.75, 3.05) is 66.0 Å². The number of hydrogen-bond donors (Lipinski definition) is 1. The summed E-state index contributed by atoms with van der Waals surface area (Å²) in [7, 11) is -1.32. The molecule has 0 unspecified atom stereocenters. The molecule has 2 aliphatic heterocycles. The average Bonchev–Trinajstić information content (AvgIpc) is 3.08. The molecule has 144 valence electrons. The Hall–Kier alpha value is -0.990. The molecule has 0 spiro atoms. The molecule has 2 fully saturated rings. The SMILES string of the molecule is CN1CCN(S(=O)(=O)N2CCN(Cc3cc(C#CCO)cs3)CC2)CC1. The molecule has 26 heavy (non-hydrogen) atoms. The Morgan fingerprint density at radius 3 is 2.31 bits per heavy atom. The lowest BCUT2D eigenvalue weighted by Gasteiger charge is -2.39. The third kappa shape index (κ3) is 4.84. The summed E-state index contributed by atoms with van der Waals surface area (Å²) in [6.07, 6.45) is 0. The third-order valence-corrected chi connectivity index (χ3v) is 7.75. The van der Waals surface area contributed by atoms with Crippen LogP contribution in [0.5, 0.6) is 0 Å². The van der Waals surface area contributed by atoms with E-state index >= 15 is 0 Å². The molecule has 9 heteroatoms. The lowest BCUT2D eigenvalue weighted by molar-refractivity contribution is 0.166. The number of aliphatic hydroxyl groups excluding tert-OH is 1. The summed E-state index contributed by atoms with van der Waals surface area (Å²) < 4.78 is 28.8. The maximum absolute atomic E-state index is 12.8. The quantitative estimate of drug-likeness (QED) is 0.706. The Labute approximate surface area is 160 Å². The minimum atomic E-state index is -3.34. The highest BCUT2D eigenvalue weighted by Gasteiger charge is 2.33. The molecule has 0 aromatic carbocycles. The van der Waals surface area contributed by atoms with Gasteiger partial charge in [-0.3, -0.25) is 4.90 Å². The Morgan fingerprint density at radius 1 is 1.08 bits per heavy atom. The van der Waals surface area contributed by atoms with Gasteiger partial charge >= 0.3 is 0 Å². The average molecular weight is 399 g/mol. The number of likely N-dealkylation sites (N-methyl/N-ethyl adjacent to an activating group) is 1. The van der Waals surface area contributed by atoms with Crippen molar-refractivity contribution in [3.63, 3.8) is 0 Å². The van der Waals surface area contributed by atoms with E-state index in [1.807, 2.05) is 18.5 Å². The van der Waals surface area contributed by atoms with Gasteiger partial charge < -0.3 is 10.0 Å². The van der Waals surface area contributed by atoms with Crippen molar-refractivity contribution in [2.24, 2.45) is 0 Å². The molecule has 0 aliphatic carbocycles. The topological polar surface area (TPSA) is 67.3 Å². The van der Waals surface area contributed by atoms with E-state index in [0.717, 1.165) is 38.3 Å². The van der Waals surface area contributed by atoms with Gasteiger partial charge in [0.2, 0.25) is 0 Å². The fourth-order valence-electron chi connectivity index (χ4n) is 3.19. The Balaban J connectivity index is 1.51. The summed E-state index contributed by atoms with van der Waals surface area (Å²) in [4.78, 5) is 5.65. The van der Waals surface area contributed by atoms with Crippen LogP contribution in [-0.4, -0.2) is 97.9 Å². The van der Waals surface area contributed by atoms with Crippen LogP contribution >= 0.6 is 11.3 Å². The lowest BCUT2D eigenvalue weighted by Crippen LogP contribution is -2.56. The minimum absolute atomic E-state index is 0.130. The highest BCUT2D eigenvalue weighted by atomic mass is 32.2. The molecule has 7 nitrogen and oxygen atoms in total. The number of piperazine rings is 2. The summed E-state index contributed by atoms with van der Waals surface area (Å²) >= 11 is 1.65. The number of nitrogens with zero attached hydrogens (tertiary/aromatic N) is 4. The smallest absolute Gasteiger partial charge is 0.282 e. The number of aliphatic hydroxyl groups is 1. The zero-order chi connectivity index (χ0) is 18.6. The van der Waals surface area contributed by atoms with Crippen molar-refractivity contribution in [3.05, 3.63) is 21.9 Å². The van der Waals surface area contributed by atoms with Crippen LogP contribution in [0.25, 0.3) is 0 Å². The number of hydrogen-bond acceptors (Lipinski definition) is 6. The van der Waals surface area contributed by atoms with Crippen LogP contribution in [-0.2, 0) is 16.8 Å². The van der Waals surface area contributed by atoms with Gasteiger partial charge in [-0.05, 0) is 13.1 Å². The number of rotatable bonds is 4. The van der Waals surface area contributed by atoms with Crippen molar-refractivity contribution >= 4 is 21.5 Å². The predicted octanol–water partition coefficient (Wildman–Crippen LogP) is -0.298. The Morgan fingerprint density at radius 2 is 1.69 bits per heavy atom. The van der Waals surface area contributed by atoms with E-state index in [1.165, 1.54) is 4.88 Å². The molecule has 2 saturated heterocycles. The zero-order valence-electron chi connectivity index (χ0n) is 15.1. The summed E-state index contributed by atoms with van der Waals surface area (Å²) in [6.45, 7) is 5.97. The second-order valence-electron chi connectivity index (χ2n) is 6.65. The van der Waals surface area contributed by atoms with E-state index in [4.69, 9.17) is 5.11 Å². The van der Waals surface area contributed by atoms with E-state index in [-0.39, 0.29) is 6.61 Å². The molecule has 1 aromatic heterocycles. The lowest BCUT2D eigenvalue weighted by atomic mass is 10.3. The molecule has 1 N–H and O–H groups in total. The van der Waals surface area contributed by atoms with E-state index < -0.39 is 10.2 Å². The van der Waals surface area contributed by atoms with Crippen LogP contribution in [0, 0.1) is 11.8 Å². The van der Waals surface area contributed by atoms with Crippen LogP contribution < -0.4 is 0 Å². The van der Waals surface area contributed by atoms with E-state index in [2.05, 4.69) is 21.6 Å². The van der Waals surface area contributed by atoms with Gasteiger partial charge in [0.05, 0.1) is 0 Å². The van der Waals surface area contributed by atoms with Gasteiger partial charge in [-0.25, -0.2) is 0 Å². The van der Waals surface area contributed by atoms with Crippen LogP contribution in [0.2, 0.25) is 0 Å². The standard InChI is InChI=1S/C17H26N4O3S2/c1-18-4-8-20(9-5-18)26(23,24)21-10-6-19(7-11-21)14-17-13-16(15-25-17)3-2-12-22/h13,15,22H,4-12,14H2,1H3. The maximum atomic E-state index is 12.8. The van der Waals surface area contributed by atoms with Gasteiger partial charge in [0.15, 0.2) is 0 Å². The van der Waals surface area contributed by atoms with E-state index in [1.54, 1.807) is 19.9 Å². The summed E-state index contributed by atoms with van der Waals surface area (Å²) in [6, 6.07) is 2.04. The van der Waals surface area contributed by atoms with Gasteiger partial charge in [-0.15, -0.1) is 11.3 Å². The monoisotopic (exact) mass is 398 g/mol. The first-order valence-corrected chi connectivity index (χ1v) is 11.1. The highest BCUT2D eigenvalue weighted by Crippen LogP contribution is 2.19.